The molecule has 7 nitrogen and oxygen atoms in total. The molecular formula is C31H30F4N4O3S. The van der Waals surface area contributed by atoms with Gasteiger partial charge in [0, 0.05) is 18.5 Å². The summed E-state index contributed by atoms with van der Waals surface area (Å²) in [6, 6.07) is 16.1. The topological polar surface area (TPSA) is 93.1 Å². The zero-order valence-corrected chi connectivity index (χ0v) is 24.3. The van der Waals surface area contributed by atoms with Crippen molar-refractivity contribution in [3.05, 3.63) is 106 Å². The lowest BCUT2D eigenvalue weighted by atomic mass is 10.0. The molecule has 1 aromatic heterocycles. The Hall–Kier alpha value is -4.32. The van der Waals surface area contributed by atoms with Crippen LogP contribution in [0.15, 0.2) is 71.6 Å². The fraction of sp³-hybridized carbons (Fsp3) is 0.258. The van der Waals surface area contributed by atoms with Crippen molar-refractivity contribution in [2.75, 3.05) is 0 Å². The first kappa shape index (κ1) is 31.6. The van der Waals surface area contributed by atoms with Gasteiger partial charge in [-0.05, 0) is 47.7 Å². The van der Waals surface area contributed by atoms with Crippen LogP contribution >= 0.6 is 0 Å². The van der Waals surface area contributed by atoms with Gasteiger partial charge in [0.1, 0.15) is 17.3 Å². The molecule has 4 rings (SSSR count). The highest BCUT2D eigenvalue weighted by molar-refractivity contribution is 7.83. The van der Waals surface area contributed by atoms with Crippen LogP contribution in [0.25, 0.3) is 11.1 Å². The van der Waals surface area contributed by atoms with Crippen LogP contribution in [-0.2, 0) is 47.9 Å². The van der Waals surface area contributed by atoms with Crippen molar-refractivity contribution in [1.29, 1.82) is 0 Å². The Morgan fingerprint density at radius 2 is 1.74 bits per heavy atom. The highest BCUT2D eigenvalue weighted by Crippen LogP contribution is 2.32. The minimum atomic E-state index is -4.57. The van der Waals surface area contributed by atoms with Gasteiger partial charge < -0.3 is 9.88 Å². The van der Waals surface area contributed by atoms with E-state index < -0.39 is 34.4 Å². The van der Waals surface area contributed by atoms with E-state index in [4.69, 9.17) is 0 Å². The summed E-state index contributed by atoms with van der Waals surface area (Å²) in [5.74, 6) is -0.634. The Morgan fingerprint density at radius 1 is 1.02 bits per heavy atom. The summed E-state index contributed by atoms with van der Waals surface area (Å²) in [6.07, 6.45) is -2.67. The van der Waals surface area contributed by atoms with Crippen molar-refractivity contribution in [3.63, 3.8) is 0 Å². The number of nitrogens with one attached hydrogen (secondary N) is 2. The van der Waals surface area contributed by atoms with Crippen molar-refractivity contribution in [3.8, 4) is 11.1 Å². The molecule has 2 N–H and O–H groups in total. The summed E-state index contributed by atoms with van der Waals surface area (Å²) in [7, 11) is -1.83. The Balaban J connectivity index is 1.67. The molecule has 0 fully saturated rings. The number of amides is 2. The molecule has 1 unspecified atom stereocenters. The number of nitrogens with zero attached hydrogens (tertiary/aromatic N) is 2. The second kappa shape index (κ2) is 13.8. The lowest BCUT2D eigenvalue weighted by Crippen LogP contribution is -2.28. The largest absolute Gasteiger partial charge is 0.416 e. The van der Waals surface area contributed by atoms with Crippen molar-refractivity contribution in [2.45, 2.75) is 57.3 Å². The van der Waals surface area contributed by atoms with Gasteiger partial charge in [0.25, 0.3) is 5.91 Å². The molecule has 0 aliphatic carbocycles. The number of aryl methyl sites for hydroxylation is 2. The quantitative estimate of drug-likeness (QED) is 0.152. The van der Waals surface area contributed by atoms with Crippen molar-refractivity contribution >= 4 is 23.3 Å². The number of imidazole rings is 1. The lowest BCUT2D eigenvalue weighted by molar-refractivity contribution is -0.138. The van der Waals surface area contributed by atoms with Gasteiger partial charge in [-0.15, -0.1) is 0 Å². The lowest BCUT2D eigenvalue weighted by Gasteiger charge is -2.16. The van der Waals surface area contributed by atoms with Crippen LogP contribution in [0.4, 0.5) is 17.6 Å². The van der Waals surface area contributed by atoms with Crippen LogP contribution < -0.4 is 10.0 Å². The van der Waals surface area contributed by atoms with E-state index in [9.17, 15) is 27.0 Å². The van der Waals surface area contributed by atoms with Gasteiger partial charge in [-0.3, -0.25) is 14.3 Å². The molecule has 3 aromatic carbocycles. The molecule has 0 saturated carbocycles. The fourth-order valence-corrected chi connectivity index (χ4v) is 5.64. The van der Waals surface area contributed by atoms with E-state index in [0.29, 0.717) is 53.2 Å². The monoisotopic (exact) mass is 614 g/mol. The second-order valence-corrected chi connectivity index (χ2v) is 10.9. The van der Waals surface area contributed by atoms with Gasteiger partial charge in [-0.25, -0.2) is 13.6 Å². The number of rotatable bonds is 12. The Morgan fingerprint density at radius 3 is 2.42 bits per heavy atom. The number of alkyl halides is 3. The molecule has 12 heteroatoms. The molecule has 0 aliphatic heterocycles. The van der Waals surface area contributed by atoms with E-state index in [-0.39, 0.29) is 29.9 Å². The molecule has 1 atom stereocenters. The van der Waals surface area contributed by atoms with Gasteiger partial charge in [-0.2, -0.15) is 13.2 Å². The number of carbonyl (C=O) groups excluding carboxylic acids is 2. The summed E-state index contributed by atoms with van der Waals surface area (Å²) in [5, 5.41) is 2.60. The normalized spacial score (nSPS) is 12.1. The van der Waals surface area contributed by atoms with Gasteiger partial charge in [-0.1, -0.05) is 62.4 Å². The summed E-state index contributed by atoms with van der Waals surface area (Å²) in [6.45, 7) is 3.36. The summed E-state index contributed by atoms with van der Waals surface area (Å²) < 4.78 is 72.3. The van der Waals surface area contributed by atoms with E-state index in [1.165, 1.54) is 24.3 Å². The molecule has 0 saturated heterocycles. The van der Waals surface area contributed by atoms with Crippen molar-refractivity contribution in [2.24, 2.45) is 0 Å². The van der Waals surface area contributed by atoms with Crippen LogP contribution in [0.2, 0.25) is 0 Å². The van der Waals surface area contributed by atoms with Gasteiger partial charge in [0.05, 0.1) is 22.7 Å². The first-order chi connectivity index (χ1) is 20.6. The zero-order valence-electron chi connectivity index (χ0n) is 23.5. The first-order valence-electron chi connectivity index (χ1n) is 13.6. The number of carbonyl (C=O) groups is 2. The third-order valence-corrected chi connectivity index (χ3v) is 7.90. The molecule has 0 bridgehead atoms. The molecular weight excluding hydrogens is 584 g/mol. The maximum atomic E-state index is 15.6. The first-order valence-corrected chi connectivity index (χ1v) is 14.7. The summed E-state index contributed by atoms with van der Waals surface area (Å²) >= 11 is 0. The zero-order chi connectivity index (χ0) is 31.1. The van der Waals surface area contributed by atoms with Gasteiger partial charge in [0.15, 0.2) is 11.0 Å². The number of aromatic nitrogens is 2. The molecule has 0 radical (unpaired) electrons. The van der Waals surface area contributed by atoms with Crippen molar-refractivity contribution < 1.29 is 31.4 Å². The minimum absolute atomic E-state index is 0.0450. The number of hydrogen-bond acceptors (Lipinski definition) is 4. The fourth-order valence-electron chi connectivity index (χ4n) is 4.84. The smallest absolute Gasteiger partial charge is 0.347 e. The Bertz CT molecular complexity index is 1650. The van der Waals surface area contributed by atoms with Crippen LogP contribution in [0.5, 0.6) is 0 Å². The number of benzene rings is 3. The molecule has 0 aliphatic rings. The van der Waals surface area contributed by atoms with Crippen LogP contribution in [-0.4, -0.2) is 26.1 Å². The molecule has 226 valence electrons. The van der Waals surface area contributed by atoms with Crippen LogP contribution in [0.3, 0.4) is 0 Å². The van der Waals surface area contributed by atoms with E-state index in [0.717, 1.165) is 6.07 Å². The maximum Gasteiger partial charge on any atom is 0.416 e. The highest BCUT2D eigenvalue weighted by Gasteiger charge is 2.33. The maximum absolute atomic E-state index is 15.6. The summed E-state index contributed by atoms with van der Waals surface area (Å²) in [5.41, 5.74) is 0.881. The standard InChI is InChI=1S/C31H30F4N4O3S/c1-3-9-28-38-26(4-2)29(30(41)36-17-21-10-5-7-12-24(21)31(33,34)35)39(28)18-22-15-14-20(16-25(22)32)23-11-6-8-13-27(23)43(42)37-19-40/h5-8,10-16,19H,3-4,9,17-18H2,1-2H3,(H,36,41)(H,37,40). The average Bonchev–Trinajstić information content (AvgIpc) is 3.33. The van der Waals surface area contributed by atoms with Crippen LogP contribution in [0, 0.1) is 5.82 Å². The van der Waals surface area contributed by atoms with E-state index >= 15 is 4.39 Å². The highest BCUT2D eigenvalue weighted by atomic mass is 32.2. The van der Waals surface area contributed by atoms with E-state index in [1.807, 2.05) is 13.8 Å². The molecule has 2 amide bonds. The van der Waals surface area contributed by atoms with Gasteiger partial charge in [0.2, 0.25) is 6.41 Å². The van der Waals surface area contributed by atoms with Crippen molar-refractivity contribution in [1.82, 2.24) is 19.6 Å². The van der Waals surface area contributed by atoms with E-state index in [2.05, 4.69) is 15.0 Å². The third kappa shape index (κ3) is 7.19. The number of halogens is 4. The predicted octanol–water partition coefficient (Wildman–Crippen LogP) is 5.97. The van der Waals surface area contributed by atoms with E-state index in [1.54, 1.807) is 41.0 Å². The molecule has 1 heterocycles. The molecule has 43 heavy (non-hydrogen) atoms. The minimum Gasteiger partial charge on any atom is -0.347 e. The second-order valence-electron chi connectivity index (χ2n) is 9.66. The number of hydrogen-bond donors (Lipinski definition) is 2. The average molecular weight is 615 g/mol. The SMILES string of the molecule is CCCc1nc(CC)c(C(=O)NCc2ccccc2C(F)(F)F)n1Cc1ccc(-c2ccccc2S(=O)NC=O)cc1F. The van der Waals surface area contributed by atoms with Crippen LogP contribution in [0.1, 0.15) is 59.0 Å². The Kier molecular flexibility index (Phi) is 10.1. The molecule has 4 aromatic rings. The van der Waals surface area contributed by atoms with Gasteiger partial charge >= 0.3 is 6.18 Å². The molecule has 0 spiro atoms. The predicted molar refractivity (Wildman–Crippen MR) is 155 cm³/mol. The Labute approximate surface area is 248 Å². The third-order valence-electron chi connectivity index (χ3n) is 6.84. The summed E-state index contributed by atoms with van der Waals surface area (Å²) in [4.78, 5) is 29.2.